The van der Waals surface area contributed by atoms with E-state index < -0.39 is 0 Å². The van der Waals surface area contributed by atoms with E-state index in [0.29, 0.717) is 25.9 Å². The van der Waals surface area contributed by atoms with Crippen LogP contribution in [0.3, 0.4) is 0 Å². The zero-order chi connectivity index (χ0) is 19.2. The fraction of sp³-hybridized carbons (Fsp3) is 0.650. The van der Waals surface area contributed by atoms with E-state index >= 15 is 0 Å². The van der Waals surface area contributed by atoms with E-state index in [2.05, 4.69) is 40.1 Å². The molecule has 0 radical (unpaired) electrons. The summed E-state index contributed by atoms with van der Waals surface area (Å²) in [5.41, 5.74) is 1.21. The first kappa shape index (κ1) is 19.9. The summed E-state index contributed by atoms with van der Waals surface area (Å²) >= 11 is 0. The monoisotopic (exact) mass is 376 g/mol. The molecule has 1 fully saturated rings. The molecule has 2 aliphatic heterocycles. The Labute approximate surface area is 162 Å². The van der Waals surface area contributed by atoms with Gasteiger partial charge in [0.1, 0.15) is 0 Å². The minimum Gasteiger partial charge on any atom is -0.454 e. The van der Waals surface area contributed by atoms with Gasteiger partial charge in [0.15, 0.2) is 11.5 Å². The molecule has 2 heterocycles. The lowest BCUT2D eigenvalue weighted by Gasteiger charge is -2.32. The Morgan fingerprint density at radius 3 is 2.74 bits per heavy atom. The lowest BCUT2D eigenvalue weighted by molar-refractivity contribution is -0.122. The minimum absolute atomic E-state index is 0.121. The van der Waals surface area contributed by atoms with E-state index in [-0.39, 0.29) is 5.91 Å². The Kier molecular flexibility index (Phi) is 6.93. The van der Waals surface area contributed by atoms with E-state index in [0.717, 1.165) is 50.6 Å². The normalized spacial score (nSPS) is 18.7. The van der Waals surface area contributed by atoms with Gasteiger partial charge in [0.2, 0.25) is 12.7 Å². The Morgan fingerprint density at radius 2 is 1.96 bits per heavy atom. The minimum atomic E-state index is 0.121. The molecule has 1 saturated heterocycles. The number of ether oxygens (including phenoxy) is 2. The van der Waals surface area contributed by atoms with Crippen LogP contribution in [-0.2, 0) is 11.2 Å². The molecule has 0 spiro atoms. The first-order chi connectivity index (χ1) is 13.0. The van der Waals surface area contributed by atoms with E-state index in [1.54, 1.807) is 0 Å². The quantitative estimate of drug-likeness (QED) is 0.683. The van der Waals surface area contributed by atoms with Crippen molar-refractivity contribution in [3.8, 4) is 11.5 Å². The summed E-state index contributed by atoms with van der Waals surface area (Å²) in [6.45, 7) is 8.15. The Hall–Kier alpha value is -1.83. The summed E-state index contributed by atoms with van der Waals surface area (Å²) in [6, 6.07) is 6.39. The summed E-state index contributed by atoms with van der Waals surface area (Å²) in [7, 11) is 4.18. The van der Waals surface area contributed by atoms with Gasteiger partial charge in [-0.05, 0) is 45.1 Å². The van der Waals surface area contributed by atoms with Crippen molar-refractivity contribution < 1.29 is 14.3 Å². The van der Waals surface area contributed by atoms with Crippen molar-refractivity contribution in [1.82, 2.24) is 20.0 Å². The molecule has 0 aromatic heterocycles. The molecule has 1 N–H and O–H groups in total. The Morgan fingerprint density at radius 1 is 1.22 bits per heavy atom. The average Bonchev–Trinajstić information content (AvgIpc) is 3.13. The van der Waals surface area contributed by atoms with Gasteiger partial charge in [-0.15, -0.1) is 0 Å². The molecule has 1 unspecified atom stereocenters. The summed E-state index contributed by atoms with van der Waals surface area (Å²) in [4.78, 5) is 19.0. The van der Waals surface area contributed by atoms with Gasteiger partial charge in [0.25, 0.3) is 0 Å². The van der Waals surface area contributed by atoms with Crippen LogP contribution in [-0.4, -0.2) is 86.9 Å². The SMILES string of the molecule is CC(Cc1ccc2c(c1)OCO2)N(C)CNC(=O)CCN1CCN(C)CC1. The Balaban J connectivity index is 1.35. The smallest absolute Gasteiger partial charge is 0.231 e. The van der Waals surface area contributed by atoms with Gasteiger partial charge in [-0.25, -0.2) is 0 Å². The molecule has 0 bridgehead atoms. The van der Waals surface area contributed by atoms with Gasteiger partial charge in [0.05, 0.1) is 6.67 Å². The second-order valence-electron chi connectivity index (χ2n) is 7.65. The zero-order valence-electron chi connectivity index (χ0n) is 16.7. The van der Waals surface area contributed by atoms with E-state index in [1.165, 1.54) is 5.56 Å². The summed E-state index contributed by atoms with van der Waals surface area (Å²) in [5, 5.41) is 3.04. The maximum absolute atomic E-state index is 12.2. The molecule has 1 aromatic rings. The molecule has 1 aromatic carbocycles. The van der Waals surface area contributed by atoms with Crippen LogP contribution < -0.4 is 14.8 Å². The van der Waals surface area contributed by atoms with Crippen LogP contribution >= 0.6 is 0 Å². The third-order valence-corrected chi connectivity index (χ3v) is 5.50. The van der Waals surface area contributed by atoms with Crippen molar-refractivity contribution in [3.63, 3.8) is 0 Å². The Bertz CT molecular complexity index is 632. The summed E-state index contributed by atoms with van der Waals surface area (Å²) in [5.74, 6) is 1.75. The second-order valence-corrected chi connectivity index (χ2v) is 7.65. The highest BCUT2D eigenvalue weighted by molar-refractivity contribution is 5.75. The standard InChI is InChI=1S/C20H32N4O3/c1-16(12-17-4-5-18-19(13-17)27-15-26-18)23(3)14-21-20(25)6-7-24-10-8-22(2)9-11-24/h4-5,13,16H,6-12,14-15H2,1-3H3,(H,21,25). The van der Waals surface area contributed by atoms with Gasteiger partial charge < -0.3 is 24.6 Å². The van der Waals surface area contributed by atoms with Crippen molar-refractivity contribution in [3.05, 3.63) is 23.8 Å². The van der Waals surface area contributed by atoms with Gasteiger partial charge in [-0.3, -0.25) is 9.69 Å². The highest BCUT2D eigenvalue weighted by Gasteiger charge is 2.17. The number of nitrogens with zero attached hydrogens (tertiary/aromatic N) is 3. The highest BCUT2D eigenvalue weighted by Crippen LogP contribution is 2.32. The fourth-order valence-corrected chi connectivity index (χ4v) is 3.35. The van der Waals surface area contributed by atoms with Crippen LogP contribution in [0.4, 0.5) is 0 Å². The molecule has 1 atom stereocenters. The highest BCUT2D eigenvalue weighted by atomic mass is 16.7. The fourth-order valence-electron chi connectivity index (χ4n) is 3.35. The first-order valence-electron chi connectivity index (χ1n) is 9.77. The summed E-state index contributed by atoms with van der Waals surface area (Å²) in [6.07, 6.45) is 1.46. The molecule has 27 heavy (non-hydrogen) atoms. The molecule has 7 heteroatoms. The third-order valence-electron chi connectivity index (χ3n) is 5.50. The lowest BCUT2D eigenvalue weighted by atomic mass is 10.1. The zero-order valence-corrected chi connectivity index (χ0v) is 16.7. The molecule has 0 aliphatic carbocycles. The number of carbonyl (C=O) groups excluding carboxylic acids is 1. The van der Waals surface area contributed by atoms with Crippen LogP contribution in [0.2, 0.25) is 0 Å². The topological polar surface area (TPSA) is 57.3 Å². The number of fused-ring (bicyclic) bond motifs is 1. The van der Waals surface area contributed by atoms with Crippen LogP contribution in [0.25, 0.3) is 0 Å². The van der Waals surface area contributed by atoms with Crippen molar-refractivity contribution in [2.45, 2.75) is 25.8 Å². The van der Waals surface area contributed by atoms with Crippen LogP contribution in [0.15, 0.2) is 18.2 Å². The predicted molar refractivity (Wildman–Crippen MR) is 105 cm³/mol. The van der Waals surface area contributed by atoms with Crippen LogP contribution in [0.5, 0.6) is 11.5 Å². The van der Waals surface area contributed by atoms with Crippen molar-refractivity contribution in [2.24, 2.45) is 0 Å². The molecule has 1 amide bonds. The van der Waals surface area contributed by atoms with Crippen LogP contribution in [0, 0.1) is 0 Å². The van der Waals surface area contributed by atoms with Gasteiger partial charge >= 0.3 is 0 Å². The number of amides is 1. The number of hydrogen-bond acceptors (Lipinski definition) is 6. The molecule has 7 nitrogen and oxygen atoms in total. The van der Waals surface area contributed by atoms with Gasteiger partial charge in [0, 0.05) is 45.2 Å². The van der Waals surface area contributed by atoms with E-state index in [1.807, 2.05) is 19.2 Å². The number of nitrogens with one attached hydrogen (secondary N) is 1. The molecular formula is C20H32N4O3. The maximum Gasteiger partial charge on any atom is 0.231 e. The summed E-state index contributed by atoms with van der Waals surface area (Å²) < 4.78 is 10.8. The number of likely N-dealkylation sites (N-methyl/N-ethyl adjacent to an activating group) is 2. The number of carbonyl (C=O) groups is 1. The van der Waals surface area contributed by atoms with Crippen molar-refractivity contribution in [2.75, 3.05) is 60.3 Å². The number of piperazine rings is 1. The predicted octanol–water partition coefficient (Wildman–Crippen LogP) is 0.989. The average molecular weight is 377 g/mol. The molecular weight excluding hydrogens is 344 g/mol. The number of benzene rings is 1. The molecule has 150 valence electrons. The van der Waals surface area contributed by atoms with E-state index in [9.17, 15) is 4.79 Å². The molecule has 2 aliphatic rings. The van der Waals surface area contributed by atoms with Crippen molar-refractivity contribution >= 4 is 5.91 Å². The number of hydrogen-bond donors (Lipinski definition) is 1. The molecule has 3 rings (SSSR count). The third kappa shape index (κ3) is 5.82. The van der Waals surface area contributed by atoms with Crippen molar-refractivity contribution in [1.29, 1.82) is 0 Å². The molecule has 0 saturated carbocycles. The van der Waals surface area contributed by atoms with Crippen LogP contribution in [0.1, 0.15) is 18.9 Å². The first-order valence-corrected chi connectivity index (χ1v) is 9.77. The van der Waals surface area contributed by atoms with Gasteiger partial charge in [-0.2, -0.15) is 0 Å². The van der Waals surface area contributed by atoms with E-state index in [4.69, 9.17) is 9.47 Å². The van der Waals surface area contributed by atoms with Gasteiger partial charge in [-0.1, -0.05) is 6.07 Å². The lowest BCUT2D eigenvalue weighted by Crippen LogP contribution is -2.46. The largest absolute Gasteiger partial charge is 0.454 e. The maximum atomic E-state index is 12.2. The second kappa shape index (κ2) is 9.39. The number of rotatable bonds is 8.